The first kappa shape index (κ1) is 70.5. The third kappa shape index (κ3) is 16.5. The highest BCUT2D eigenvalue weighted by atomic mass is 16.8. The number of aliphatic carboxylic acids is 1. The molecule has 0 unspecified atom stereocenters. The molecule has 0 saturated carbocycles. The molecule has 0 amide bonds. The maximum atomic E-state index is 13.5. The lowest BCUT2D eigenvalue weighted by Gasteiger charge is -2.45. The highest BCUT2D eigenvalue weighted by Crippen LogP contribution is 2.45. The minimum Gasteiger partial charge on any atom is -0.550 e. The van der Waals surface area contributed by atoms with Gasteiger partial charge in [0.2, 0.25) is 24.6 Å². The molecule has 0 radical (unpaired) electrons. The van der Waals surface area contributed by atoms with E-state index in [0.717, 1.165) is 42.5 Å². The second kappa shape index (κ2) is 30.7. The Balaban J connectivity index is 1.03. The van der Waals surface area contributed by atoms with Crippen molar-refractivity contribution in [3.63, 3.8) is 0 Å². The number of rotatable bonds is 23. The predicted octanol–water partition coefficient (Wildman–Crippen LogP) is -4.24. The van der Waals surface area contributed by atoms with Gasteiger partial charge < -0.3 is 147 Å². The summed E-state index contributed by atoms with van der Waals surface area (Å²) in [5.41, 5.74) is -0.645. The van der Waals surface area contributed by atoms with E-state index >= 15 is 0 Å². The zero-order valence-electron chi connectivity index (χ0n) is 49.7. The van der Waals surface area contributed by atoms with E-state index in [1.165, 1.54) is 68.8 Å². The van der Waals surface area contributed by atoms with Gasteiger partial charge in [-0.05, 0) is 71.8 Å². The SMILES string of the molecule is COc1cc(/C=C/C(=O)O[C@H]2[C@H](O[C@H]3[C@H](Oc4cc5c(O[C@@H]6O[C@H](COC(=O)CC(=O)[O-])[C@@H](O)[C@H](O)[C@H]6O)cc(=O)cc-5oc4-c4ccc(O)c(O)c4)O[C@H](COC(=O)/C=C/c4ccc(O[C@@H]5O[C@H](CO)[C@@H](O)[C@H](O)[C@H]5O)cc4)[C@@H](O)[C@@H]3O)OC[C@@H](O)[C@@H]2O)cc(OC)c1O. The number of esters is 3. The fourth-order valence-electron chi connectivity index (χ4n) is 10.1. The number of carbonyl (C=O) groups is 4. The average Bonchev–Trinajstić information content (AvgIpc) is 0.766. The molecule has 0 bridgehead atoms. The number of aromatic hydroxyl groups is 3. The van der Waals surface area contributed by atoms with Crippen molar-refractivity contribution in [1.29, 1.82) is 0 Å². The molecule has 95 heavy (non-hydrogen) atoms. The first-order valence-corrected chi connectivity index (χ1v) is 28.7. The van der Waals surface area contributed by atoms with E-state index in [1.54, 1.807) is 0 Å². The second-order valence-electron chi connectivity index (χ2n) is 21.7. The summed E-state index contributed by atoms with van der Waals surface area (Å²) in [5, 5.41) is 161. The lowest BCUT2D eigenvalue weighted by atomic mass is 9.98. The van der Waals surface area contributed by atoms with E-state index in [0.29, 0.717) is 5.56 Å². The fraction of sp³-hybridized carbons (Fsp3) is 0.426. The van der Waals surface area contributed by atoms with Crippen LogP contribution in [0.5, 0.6) is 46.0 Å². The summed E-state index contributed by atoms with van der Waals surface area (Å²) in [4.78, 5) is 63.3. The van der Waals surface area contributed by atoms with E-state index in [2.05, 4.69) is 0 Å². The maximum Gasteiger partial charge on any atom is 0.331 e. The zero-order valence-corrected chi connectivity index (χ0v) is 49.7. The van der Waals surface area contributed by atoms with Crippen molar-refractivity contribution in [3.05, 3.63) is 106 Å². The van der Waals surface area contributed by atoms with Crippen LogP contribution in [0.2, 0.25) is 0 Å². The van der Waals surface area contributed by atoms with E-state index in [9.17, 15) is 101 Å². The number of hydrogen-bond donors (Lipinski definition) is 14. The van der Waals surface area contributed by atoms with E-state index in [1.807, 2.05) is 0 Å². The molecule has 9 rings (SSSR count). The standard InChI is InChI=1S/C61H66O34/c1-82-35-13-25(14-36(83-2)46(35)73)6-12-43(70)94-56-45(72)32(66)21-86-60(56)95-57-52(79)49(76)40(22-84-42(69)11-5-24-3-8-28(9-4-24)87-58-53(80)50(77)47(74)38(20-62)91-58)93-61(57)90-37-18-29-33(88-55(37)26-7-10-30(64)31(65)15-26)16-27(63)17-34(29)89-59-54(81)51(78)48(75)39(92-59)23-85-44(71)19-41(67)68/h3-18,32,38-40,45,47-54,56-62,64-66,72-81H,19-23H2,1-2H3,(H,67,68)/p-1/b11-5+,12-6+/t32-,38-,39-,40-,45+,47-,48-,49-,50+,51+,52+,53-,54-,56-,57-,58-,59-,60+,61-/m1/s1. The van der Waals surface area contributed by atoms with Crippen LogP contribution in [0.3, 0.4) is 0 Å². The van der Waals surface area contributed by atoms with Crippen molar-refractivity contribution < 1.29 is 162 Å². The van der Waals surface area contributed by atoms with Crippen LogP contribution >= 0.6 is 0 Å². The zero-order chi connectivity index (χ0) is 68.7. The predicted molar refractivity (Wildman–Crippen MR) is 307 cm³/mol. The lowest BCUT2D eigenvalue weighted by Crippen LogP contribution is -2.64. The van der Waals surface area contributed by atoms with Crippen molar-refractivity contribution >= 4 is 36.0 Å². The fourth-order valence-corrected chi connectivity index (χ4v) is 10.1. The summed E-state index contributed by atoms with van der Waals surface area (Å²) < 4.78 is 79.6. The van der Waals surface area contributed by atoms with Crippen LogP contribution in [0.4, 0.5) is 0 Å². The first-order chi connectivity index (χ1) is 45.2. The maximum absolute atomic E-state index is 13.5. The number of carboxylic acids is 1. The molecule has 514 valence electrons. The van der Waals surface area contributed by atoms with Gasteiger partial charge >= 0.3 is 17.9 Å². The molecular formula is C61H65O34-. The van der Waals surface area contributed by atoms with Crippen LogP contribution in [0.1, 0.15) is 17.5 Å². The van der Waals surface area contributed by atoms with Crippen LogP contribution in [-0.2, 0) is 57.1 Å². The number of hydrogen-bond acceptors (Lipinski definition) is 34. The number of carbonyl (C=O) groups excluding carboxylic acids is 4. The summed E-state index contributed by atoms with van der Waals surface area (Å²) in [6.07, 6.45) is -32.8. The summed E-state index contributed by atoms with van der Waals surface area (Å²) in [6, 6.07) is 14.4. The van der Waals surface area contributed by atoms with Gasteiger partial charge in [0.1, 0.15) is 110 Å². The quantitative estimate of drug-likeness (QED) is 0.00969. The van der Waals surface area contributed by atoms with E-state index in [4.69, 9.17) is 66.0 Å². The van der Waals surface area contributed by atoms with Gasteiger partial charge in [0, 0.05) is 29.8 Å². The highest BCUT2D eigenvalue weighted by Gasteiger charge is 2.53. The van der Waals surface area contributed by atoms with Gasteiger partial charge in [-0.3, -0.25) is 9.59 Å². The van der Waals surface area contributed by atoms with Crippen LogP contribution in [-0.4, -0.2) is 253 Å². The number of methoxy groups -OCH3 is 2. The lowest BCUT2D eigenvalue weighted by molar-refractivity contribution is -0.345. The van der Waals surface area contributed by atoms with Crippen molar-refractivity contribution in [3.8, 4) is 68.6 Å². The number of carboxylic acid groups (broad SMARTS) is 1. The Labute approximate surface area is 535 Å². The molecule has 3 aromatic carbocycles. The molecule has 0 spiro atoms. The number of phenolic OH excluding ortho intramolecular Hbond substituents is 3. The minimum absolute atomic E-state index is 0.0410. The van der Waals surface area contributed by atoms with Crippen molar-refractivity contribution in [2.75, 3.05) is 40.6 Å². The van der Waals surface area contributed by atoms with E-state index in [-0.39, 0.29) is 45.4 Å². The van der Waals surface area contributed by atoms with Gasteiger partial charge in [0.05, 0.1) is 45.4 Å². The first-order valence-electron chi connectivity index (χ1n) is 28.7. The normalized spacial score (nSPS) is 30.1. The molecule has 34 heteroatoms. The molecule has 3 aromatic rings. The molecule has 4 saturated heterocycles. The van der Waals surface area contributed by atoms with Gasteiger partial charge in [-0.15, -0.1) is 0 Å². The van der Waals surface area contributed by atoms with Gasteiger partial charge in [-0.2, -0.15) is 0 Å². The van der Waals surface area contributed by atoms with Crippen LogP contribution in [0, 0.1) is 0 Å². The van der Waals surface area contributed by atoms with Gasteiger partial charge in [0.15, 0.2) is 58.4 Å². The molecule has 14 N–H and O–H groups in total. The molecular weight excluding hydrogens is 1280 g/mol. The Hall–Kier alpha value is -8.79. The largest absolute Gasteiger partial charge is 0.550 e. The van der Waals surface area contributed by atoms with Crippen LogP contribution in [0.25, 0.3) is 34.8 Å². The number of phenols is 3. The van der Waals surface area contributed by atoms with Crippen LogP contribution in [0.15, 0.2) is 94.2 Å². The summed E-state index contributed by atoms with van der Waals surface area (Å²) in [6.45, 7) is -3.20. The monoisotopic (exact) mass is 1340 g/mol. The third-order valence-corrected chi connectivity index (χ3v) is 15.2. The highest BCUT2D eigenvalue weighted by molar-refractivity contribution is 5.89. The second-order valence-corrected chi connectivity index (χ2v) is 21.7. The topological polar surface area (TPSA) is 525 Å². The summed E-state index contributed by atoms with van der Waals surface area (Å²) in [5.74, 6) is -8.97. The molecule has 1 aliphatic carbocycles. The molecule has 0 aromatic heterocycles. The Morgan fingerprint density at radius 2 is 1.16 bits per heavy atom. The Bertz CT molecular complexity index is 3560. The molecule has 5 aliphatic heterocycles. The van der Waals surface area contributed by atoms with Crippen LogP contribution < -0.4 is 34.2 Å². The van der Waals surface area contributed by atoms with Crippen molar-refractivity contribution in [2.24, 2.45) is 0 Å². The molecule has 5 heterocycles. The van der Waals surface area contributed by atoms with Gasteiger partial charge in [-0.1, -0.05) is 12.1 Å². The summed E-state index contributed by atoms with van der Waals surface area (Å²) >= 11 is 0. The Morgan fingerprint density at radius 3 is 1.80 bits per heavy atom. The van der Waals surface area contributed by atoms with Crippen molar-refractivity contribution in [1.82, 2.24) is 0 Å². The van der Waals surface area contributed by atoms with Gasteiger partial charge in [0.25, 0.3) is 0 Å². The number of aliphatic hydroxyl groups excluding tert-OH is 11. The minimum atomic E-state index is -2.24. The number of fused-ring (bicyclic) bond motifs is 1. The molecule has 34 nitrogen and oxygen atoms in total. The molecule has 6 aliphatic rings. The Morgan fingerprint density at radius 1 is 0.568 bits per heavy atom. The Kier molecular flexibility index (Phi) is 22.8. The van der Waals surface area contributed by atoms with Crippen molar-refractivity contribution in [2.45, 2.75) is 123 Å². The molecule has 19 atom stereocenters. The summed E-state index contributed by atoms with van der Waals surface area (Å²) in [7, 11) is 2.52. The number of ether oxygens (including phenoxy) is 13. The average molecular weight is 1340 g/mol. The smallest absolute Gasteiger partial charge is 0.331 e. The number of aliphatic hydroxyl groups is 11. The third-order valence-electron chi connectivity index (χ3n) is 15.2. The van der Waals surface area contributed by atoms with Gasteiger partial charge in [-0.25, -0.2) is 9.59 Å². The molecule has 4 fully saturated rings. The van der Waals surface area contributed by atoms with E-state index < -0.39 is 208 Å². The number of benzene rings is 4.